The molecule has 2 N–H and O–H groups in total. The number of nitrogens with zero attached hydrogens (tertiary/aromatic N) is 1. The van der Waals surface area contributed by atoms with Crippen molar-refractivity contribution in [3.63, 3.8) is 0 Å². The lowest BCUT2D eigenvalue weighted by molar-refractivity contribution is 0.163. The van der Waals surface area contributed by atoms with Crippen LogP contribution in [0, 0.1) is 0 Å². The van der Waals surface area contributed by atoms with Gasteiger partial charge in [0.2, 0.25) is 0 Å². The average molecular weight is 248 g/mol. The molecule has 1 atom stereocenters. The zero-order chi connectivity index (χ0) is 12.8. The second-order valence-electron chi connectivity index (χ2n) is 5.04. The van der Waals surface area contributed by atoms with Crippen LogP contribution in [0.4, 0.5) is 0 Å². The first-order chi connectivity index (χ1) is 8.81. The van der Waals surface area contributed by atoms with Crippen LogP contribution in [0.3, 0.4) is 0 Å². The highest BCUT2D eigenvalue weighted by molar-refractivity contribution is 5.28. The maximum Gasteiger partial charge on any atom is 0.115 e. The molecular weight excluding hydrogens is 224 g/mol. The molecule has 0 unspecified atom stereocenters. The van der Waals surface area contributed by atoms with Crippen LogP contribution < -0.4 is 5.32 Å². The standard InChI is InChI=1S/C15H24N2O/c1-2-3-4-15(17-11-9-16-10-12-17)13-5-7-14(18)8-6-13/h5-8,15-16,18H,2-4,9-12H2,1H3/t15-/m1/s1. The molecule has 0 aliphatic carbocycles. The topological polar surface area (TPSA) is 35.5 Å². The van der Waals surface area contributed by atoms with Crippen LogP contribution in [0.1, 0.15) is 37.8 Å². The Hall–Kier alpha value is -1.06. The summed E-state index contributed by atoms with van der Waals surface area (Å²) in [4.78, 5) is 2.57. The van der Waals surface area contributed by atoms with Gasteiger partial charge in [-0.2, -0.15) is 0 Å². The van der Waals surface area contributed by atoms with Gasteiger partial charge in [-0.3, -0.25) is 4.90 Å². The molecule has 2 rings (SSSR count). The van der Waals surface area contributed by atoms with E-state index in [2.05, 4.69) is 29.3 Å². The molecule has 0 aromatic heterocycles. The molecule has 1 saturated heterocycles. The number of phenolic OH excluding ortho intramolecular Hbond substituents is 1. The smallest absolute Gasteiger partial charge is 0.115 e. The van der Waals surface area contributed by atoms with Crippen molar-refractivity contribution < 1.29 is 5.11 Å². The van der Waals surface area contributed by atoms with Crippen molar-refractivity contribution in [3.05, 3.63) is 29.8 Å². The number of piperazine rings is 1. The second kappa shape index (κ2) is 6.76. The first kappa shape index (κ1) is 13.4. The largest absolute Gasteiger partial charge is 0.508 e. The van der Waals surface area contributed by atoms with Crippen molar-refractivity contribution >= 4 is 0 Å². The van der Waals surface area contributed by atoms with Crippen LogP contribution in [0.5, 0.6) is 5.75 Å². The summed E-state index contributed by atoms with van der Waals surface area (Å²) in [7, 11) is 0. The molecule has 18 heavy (non-hydrogen) atoms. The Balaban J connectivity index is 2.10. The third-order valence-electron chi connectivity index (χ3n) is 3.70. The molecule has 1 aromatic rings. The van der Waals surface area contributed by atoms with Gasteiger partial charge in [-0.25, -0.2) is 0 Å². The van der Waals surface area contributed by atoms with Crippen LogP contribution in [-0.4, -0.2) is 36.2 Å². The van der Waals surface area contributed by atoms with Crippen LogP contribution in [0.25, 0.3) is 0 Å². The van der Waals surface area contributed by atoms with Crippen LogP contribution in [0.15, 0.2) is 24.3 Å². The minimum absolute atomic E-state index is 0.355. The van der Waals surface area contributed by atoms with E-state index < -0.39 is 0 Å². The third-order valence-corrected chi connectivity index (χ3v) is 3.70. The zero-order valence-corrected chi connectivity index (χ0v) is 11.2. The fraction of sp³-hybridized carbons (Fsp3) is 0.600. The average Bonchev–Trinajstić information content (AvgIpc) is 2.42. The van der Waals surface area contributed by atoms with E-state index in [4.69, 9.17) is 0 Å². The highest BCUT2D eigenvalue weighted by Crippen LogP contribution is 2.27. The number of benzene rings is 1. The number of phenols is 1. The van der Waals surface area contributed by atoms with Crippen LogP contribution in [-0.2, 0) is 0 Å². The van der Waals surface area contributed by atoms with E-state index in [0.29, 0.717) is 11.8 Å². The maximum absolute atomic E-state index is 9.40. The number of hydrogen-bond donors (Lipinski definition) is 2. The third kappa shape index (κ3) is 3.47. The number of aromatic hydroxyl groups is 1. The molecule has 0 spiro atoms. The number of rotatable bonds is 5. The van der Waals surface area contributed by atoms with E-state index >= 15 is 0 Å². The molecule has 1 aliphatic rings. The first-order valence-electron chi connectivity index (χ1n) is 7.05. The van der Waals surface area contributed by atoms with Crippen molar-refractivity contribution in [1.82, 2.24) is 10.2 Å². The first-order valence-corrected chi connectivity index (χ1v) is 7.05. The van der Waals surface area contributed by atoms with Crippen LogP contribution in [0.2, 0.25) is 0 Å². The molecule has 1 aliphatic heterocycles. The van der Waals surface area contributed by atoms with Crippen molar-refractivity contribution in [3.8, 4) is 5.75 Å². The van der Waals surface area contributed by atoms with E-state index in [0.717, 1.165) is 26.2 Å². The second-order valence-corrected chi connectivity index (χ2v) is 5.04. The molecule has 1 fully saturated rings. The van der Waals surface area contributed by atoms with E-state index in [1.165, 1.54) is 24.8 Å². The predicted molar refractivity (Wildman–Crippen MR) is 74.8 cm³/mol. The number of unbranched alkanes of at least 4 members (excludes halogenated alkanes) is 1. The predicted octanol–water partition coefficient (Wildman–Crippen LogP) is 2.53. The monoisotopic (exact) mass is 248 g/mol. The SMILES string of the molecule is CCCC[C@H](c1ccc(O)cc1)N1CCNCC1. The zero-order valence-electron chi connectivity index (χ0n) is 11.2. The van der Waals surface area contributed by atoms with E-state index in [9.17, 15) is 5.11 Å². The van der Waals surface area contributed by atoms with Crippen LogP contribution >= 0.6 is 0 Å². The fourth-order valence-electron chi connectivity index (χ4n) is 2.65. The van der Waals surface area contributed by atoms with Gasteiger partial charge in [0.05, 0.1) is 0 Å². The fourth-order valence-corrected chi connectivity index (χ4v) is 2.65. The molecule has 0 amide bonds. The molecule has 0 bridgehead atoms. The quantitative estimate of drug-likeness (QED) is 0.840. The number of nitrogens with one attached hydrogen (secondary N) is 1. The van der Waals surface area contributed by atoms with Gasteiger partial charge in [-0.15, -0.1) is 0 Å². The van der Waals surface area contributed by atoms with Gasteiger partial charge in [0.1, 0.15) is 5.75 Å². The summed E-state index contributed by atoms with van der Waals surface area (Å²) in [6.45, 7) is 6.65. The molecule has 100 valence electrons. The summed E-state index contributed by atoms with van der Waals surface area (Å²) in [5.74, 6) is 0.355. The minimum atomic E-state index is 0.355. The molecule has 1 heterocycles. The molecule has 3 heteroatoms. The Kier molecular flexibility index (Phi) is 5.02. The van der Waals surface area contributed by atoms with Gasteiger partial charge in [0.15, 0.2) is 0 Å². The lowest BCUT2D eigenvalue weighted by atomic mass is 9.98. The molecule has 0 radical (unpaired) electrons. The summed E-state index contributed by atoms with van der Waals surface area (Å²) >= 11 is 0. The summed E-state index contributed by atoms with van der Waals surface area (Å²) in [5.41, 5.74) is 1.34. The molecule has 0 saturated carbocycles. The van der Waals surface area contributed by atoms with Gasteiger partial charge in [0.25, 0.3) is 0 Å². The summed E-state index contributed by atoms with van der Waals surface area (Å²) in [6, 6.07) is 8.25. The van der Waals surface area contributed by atoms with E-state index in [1.807, 2.05) is 0 Å². The summed E-state index contributed by atoms with van der Waals surface area (Å²) in [6.07, 6.45) is 3.71. The van der Waals surface area contributed by atoms with E-state index in [-0.39, 0.29) is 0 Å². The molecule has 1 aromatic carbocycles. The molecule has 3 nitrogen and oxygen atoms in total. The van der Waals surface area contributed by atoms with Gasteiger partial charge >= 0.3 is 0 Å². The Morgan fingerprint density at radius 1 is 1.22 bits per heavy atom. The van der Waals surface area contributed by atoms with Crippen molar-refractivity contribution in [2.24, 2.45) is 0 Å². The van der Waals surface area contributed by atoms with Gasteiger partial charge in [-0.1, -0.05) is 31.9 Å². The lowest BCUT2D eigenvalue weighted by Gasteiger charge is -2.35. The molecular formula is C15H24N2O. The van der Waals surface area contributed by atoms with Crippen molar-refractivity contribution in [2.45, 2.75) is 32.2 Å². The highest BCUT2D eigenvalue weighted by atomic mass is 16.3. The Bertz CT molecular complexity index is 344. The lowest BCUT2D eigenvalue weighted by Crippen LogP contribution is -2.45. The normalized spacial score (nSPS) is 18.7. The van der Waals surface area contributed by atoms with Crippen molar-refractivity contribution in [1.29, 1.82) is 0 Å². The Morgan fingerprint density at radius 2 is 1.89 bits per heavy atom. The maximum atomic E-state index is 9.40. The van der Waals surface area contributed by atoms with Gasteiger partial charge in [-0.05, 0) is 24.1 Å². The van der Waals surface area contributed by atoms with Gasteiger partial charge < -0.3 is 10.4 Å². The Labute approximate surface area is 110 Å². The summed E-state index contributed by atoms with van der Waals surface area (Å²) in [5, 5.41) is 12.8. The van der Waals surface area contributed by atoms with E-state index in [1.54, 1.807) is 12.1 Å². The van der Waals surface area contributed by atoms with Gasteiger partial charge in [0, 0.05) is 32.2 Å². The number of hydrogen-bond acceptors (Lipinski definition) is 3. The minimum Gasteiger partial charge on any atom is -0.508 e. The Morgan fingerprint density at radius 3 is 2.50 bits per heavy atom. The summed E-state index contributed by atoms with van der Waals surface area (Å²) < 4.78 is 0. The highest BCUT2D eigenvalue weighted by Gasteiger charge is 2.21. The van der Waals surface area contributed by atoms with Crippen molar-refractivity contribution in [2.75, 3.05) is 26.2 Å².